The lowest BCUT2D eigenvalue weighted by Gasteiger charge is -2.19. The third kappa shape index (κ3) is 36.3. The van der Waals surface area contributed by atoms with Gasteiger partial charge >= 0.3 is 5.97 Å². The van der Waals surface area contributed by atoms with Crippen molar-refractivity contribution >= 4 is 5.97 Å². The second kappa shape index (κ2) is 39.6. The van der Waals surface area contributed by atoms with Gasteiger partial charge in [-0.2, -0.15) is 0 Å². The number of nitrogens with one attached hydrogen (secondary N) is 1. The van der Waals surface area contributed by atoms with Gasteiger partial charge in [-0.1, -0.05) is 201 Å². The molecule has 0 saturated carbocycles. The topological polar surface area (TPSA) is 38.3 Å². The SMILES string of the molecule is CCCCCCCCCCNC(CCCCC=CC(=O)OCC(CCCCCC)CCCCCCCC)CCCCCCCCCC. The fourth-order valence-electron chi connectivity index (χ4n) is 6.90. The molecule has 0 rings (SSSR count). The summed E-state index contributed by atoms with van der Waals surface area (Å²) in [6.45, 7) is 10.9. The number of hydrogen-bond donors (Lipinski definition) is 1. The highest BCUT2D eigenvalue weighted by molar-refractivity contribution is 5.81. The molecule has 0 radical (unpaired) electrons. The smallest absolute Gasteiger partial charge is 0.330 e. The van der Waals surface area contributed by atoms with Crippen LogP contribution in [0, 0.1) is 5.92 Å². The van der Waals surface area contributed by atoms with Gasteiger partial charge < -0.3 is 10.1 Å². The zero-order valence-electron chi connectivity index (χ0n) is 32.9. The molecule has 0 heterocycles. The van der Waals surface area contributed by atoms with Gasteiger partial charge in [0.1, 0.15) is 0 Å². The summed E-state index contributed by atoms with van der Waals surface area (Å²) in [5.41, 5.74) is 0. The van der Waals surface area contributed by atoms with E-state index in [1.165, 1.54) is 206 Å². The molecule has 0 spiro atoms. The number of rotatable bonds is 39. The molecule has 2 unspecified atom stereocenters. The maximum atomic E-state index is 12.5. The molecular formula is C44H87NO2. The Kier molecular flexibility index (Phi) is 38.9. The first-order chi connectivity index (χ1) is 23.2. The molecule has 2 atom stereocenters. The van der Waals surface area contributed by atoms with Gasteiger partial charge in [-0.05, 0) is 57.4 Å². The van der Waals surface area contributed by atoms with E-state index in [0.717, 1.165) is 12.8 Å². The number of carbonyl (C=O) groups is 1. The van der Waals surface area contributed by atoms with Crippen LogP contribution in [0.2, 0.25) is 0 Å². The van der Waals surface area contributed by atoms with Gasteiger partial charge in [-0.25, -0.2) is 4.79 Å². The number of hydrogen-bond acceptors (Lipinski definition) is 3. The van der Waals surface area contributed by atoms with Crippen LogP contribution in [-0.2, 0) is 9.53 Å². The summed E-state index contributed by atoms with van der Waals surface area (Å²) in [7, 11) is 0. The third-order valence-electron chi connectivity index (χ3n) is 10.2. The minimum atomic E-state index is -0.133. The van der Waals surface area contributed by atoms with E-state index in [0.29, 0.717) is 18.6 Å². The first-order valence-electron chi connectivity index (χ1n) is 21.7. The van der Waals surface area contributed by atoms with Gasteiger partial charge in [0.15, 0.2) is 0 Å². The lowest BCUT2D eigenvalue weighted by molar-refractivity contribution is -0.139. The summed E-state index contributed by atoms with van der Waals surface area (Å²) in [5.74, 6) is 0.401. The maximum Gasteiger partial charge on any atom is 0.330 e. The van der Waals surface area contributed by atoms with Crippen LogP contribution in [0.4, 0.5) is 0 Å². The quantitative estimate of drug-likeness (QED) is 0.0405. The van der Waals surface area contributed by atoms with Crippen molar-refractivity contribution in [3.8, 4) is 0 Å². The van der Waals surface area contributed by atoms with Gasteiger partial charge in [0.25, 0.3) is 0 Å². The largest absolute Gasteiger partial charge is 0.462 e. The Hall–Kier alpha value is -0.830. The lowest BCUT2D eigenvalue weighted by Crippen LogP contribution is -2.30. The molecule has 1 N–H and O–H groups in total. The van der Waals surface area contributed by atoms with Gasteiger partial charge in [0.2, 0.25) is 0 Å². The van der Waals surface area contributed by atoms with E-state index in [1.807, 2.05) is 0 Å². The Bertz CT molecular complexity index is 632. The Labute approximate surface area is 297 Å². The average Bonchev–Trinajstić information content (AvgIpc) is 3.08. The van der Waals surface area contributed by atoms with Crippen LogP contribution in [0.5, 0.6) is 0 Å². The molecule has 47 heavy (non-hydrogen) atoms. The fourth-order valence-corrected chi connectivity index (χ4v) is 6.90. The monoisotopic (exact) mass is 662 g/mol. The molecule has 0 aliphatic carbocycles. The Morgan fingerprint density at radius 1 is 0.489 bits per heavy atom. The van der Waals surface area contributed by atoms with Crippen LogP contribution in [0.3, 0.4) is 0 Å². The van der Waals surface area contributed by atoms with Crippen molar-refractivity contribution in [2.45, 2.75) is 246 Å². The molecule has 0 saturated heterocycles. The number of allylic oxidation sites excluding steroid dienone is 1. The Balaban J connectivity index is 4.35. The van der Waals surface area contributed by atoms with Crippen molar-refractivity contribution < 1.29 is 9.53 Å². The van der Waals surface area contributed by atoms with Gasteiger partial charge in [0, 0.05) is 12.1 Å². The number of esters is 1. The standard InChI is InChI=1S/C44H87NO2/c1-5-9-13-17-20-22-25-31-37-43(45-40-34-28-23-21-18-14-10-6-2)38-32-26-27-33-39-44(46)47-41-42(35-29-16-12-8-4)36-30-24-19-15-11-7-3/h33,39,42-43,45H,5-32,34-38,40-41H2,1-4H3. The van der Waals surface area contributed by atoms with Crippen LogP contribution in [-0.4, -0.2) is 25.2 Å². The highest BCUT2D eigenvalue weighted by Crippen LogP contribution is 2.20. The van der Waals surface area contributed by atoms with Crippen molar-refractivity contribution in [2.75, 3.05) is 13.2 Å². The predicted molar refractivity (Wildman–Crippen MR) is 210 cm³/mol. The minimum absolute atomic E-state index is 0.133. The van der Waals surface area contributed by atoms with Gasteiger partial charge in [-0.15, -0.1) is 0 Å². The maximum absolute atomic E-state index is 12.5. The molecule has 0 aromatic carbocycles. The van der Waals surface area contributed by atoms with Crippen molar-refractivity contribution in [1.82, 2.24) is 5.32 Å². The molecular weight excluding hydrogens is 574 g/mol. The van der Waals surface area contributed by atoms with Crippen LogP contribution < -0.4 is 5.32 Å². The van der Waals surface area contributed by atoms with Crippen LogP contribution in [0.25, 0.3) is 0 Å². The molecule has 0 fully saturated rings. The van der Waals surface area contributed by atoms with E-state index in [-0.39, 0.29) is 5.97 Å². The summed E-state index contributed by atoms with van der Waals surface area (Å²) in [6.07, 6.45) is 47.6. The highest BCUT2D eigenvalue weighted by Gasteiger charge is 2.12. The predicted octanol–water partition coefficient (Wildman–Crippen LogP) is 14.6. The number of carbonyl (C=O) groups excluding carboxylic acids is 1. The molecule has 280 valence electrons. The molecule has 0 bridgehead atoms. The van der Waals surface area contributed by atoms with Crippen molar-refractivity contribution in [3.05, 3.63) is 12.2 Å². The summed E-state index contributed by atoms with van der Waals surface area (Å²) < 4.78 is 5.75. The minimum Gasteiger partial charge on any atom is -0.462 e. The van der Waals surface area contributed by atoms with Crippen molar-refractivity contribution in [2.24, 2.45) is 5.92 Å². The molecule has 0 aliphatic rings. The highest BCUT2D eigenvalue weighted by atomic mass is 16.5. The molecule has 0 aromatic rings. The first-order valence-corrected chi connectivity index (χ1v) is 21.7. The molecule has 0 aliphatic heterocycles. The van der Waals surface area contributed by atoms with E-state index >= 15 is 0 Å². The first kappa shape index (κ1) is 46.2. The molecule has 3 heteroatoms. The van der Waals surface area contributed by atoms with E-state index in [1.54, 1.807) is 6.08 Å². The Morgan fingerprint density at radius 3 is 1.36 bits per heavy atom. The third-order valence-corrected chi connectivity index (χ3v) is 10.2. The van der Waals surface area contributed by atoms with Crippen LogP contribution in [0.15, 0.2) is 12.2 Å². The van der Waals surface area contributed by atoms with Crippen molar-refractivity contribution in [1.29, 1.82) is 0 Å². The van der Waals surface area contributed by atoms with Crippen LogP contribution in [0.1, 0.15) is 240 Å². The van der Waals surface area contributed by atoms with Crippen LogP contribution >= 0.6 is 0 Å². The molecule has 0 aromatic heterocycles. The summed E-state index contributed by atoms with van der Waals surface area (Å²) >= 11 is 0. The zero-order valence-corrected chi connectivity index (χ0v) is 32.9. The average molecular weight is 662 g/mol. The number of unbranched alkanes of at least 4 members (excludes halogenated alkanes) is 24. The second-order valence-electron chi connectivity index (χ2n) is 15.0. The summed E-state index contributed by atoms with van der Waals surface area (Å²) in [4.78, 5) is 12.5. The lowest BCUT2D eigenvalue weighted by atomic mass is 9.95. The fraction of sp³-hybridized carbons (Fsp3) is 0.932. The van der Waals surface area contributed by atoms with E-state index in [9.17, 15) is 4.79 Å². The Morgan fingerprint density at radius 2 is 0.872 bits per heavy atom. The van der Waals surface area contributed by atoms with Gasteiger partial charge in [0.05, 0.1) is 6.61 Å². The van der Waals surface area contributed by atoms with Gasteiger partial charge in [-0.3, -0.25) is 0 Å². The normalized spacial score (nSPS) is 13.0. The molecule has 0 amide bonds. The number of ether oxygens (including phenoxy) is 1. The zero-order chi connectivity index (χ0) is 34.3. The summed E-state index contributed by atoms with van der Waals surface area (Å²) in [5, 5.41) is 3.94. The second-order valence-corrected chi connectivity index (χ2v) is 15.0. The summed E-state index contributed by atoms with van der Waals surface area (Å²) in [6, 6.07) is 0.662. The molecule has 3 nitrogen and oxygen atoms in total. The van der Waals surface area contributed by atoms with E-state index < -0.39 is 0 Å². The van der Waals surface area contributed by atoms with E-state index in [4.69, 9.17) is 4.74 Å². The van der Waals surface area contributed by atoms with Crippen molar-refractivity contribution in [3.63, 3.8) is 0 Å². The van der Waals surface area contributed by atoms with E-state index in [2.05, 4.69) is 39.1 Å².